The molecule has 0 spiro atoms. The third-order valence-electron chi connectivity index (χ3n) is 2.52. The maximum absolute atomic E-state index is 9.63. The lowest BCUT2D eigenvalue weighted by molar-refractivity contribution is 0.200. The summed E-state index contributed by atoms with van der Waals surface area (Å²) in [5, 5.41) is 20.7. The summed E-state index contributed by atoms with van der Waals surface area (Å²) in [6.45, 7) is 2.35. The highest BCUT2D eigenvalue weighted by atomic mass is 16.3. The summed E-state index contributed by atoms with van der Waals surface area (Å²) < 4.78 is 1.66. The molecule has 0 saturated heterocycles. The second kappa shape index (κ2) is 4.97. The molecule has 1 aromatic carbocycles. The number of nitrogens with zero attached hydrogens (tertiary/aromatic N) is 3. The van der Waals surface area contributed by atoms with Crippen molar-refractivity contribution in [1.82, 2.24) is 15.0 Å². The van der Waals surface area contributed by atoms with E-state index in [0.29, 0.717) is 6.54 Å². The standard InChI is InChI=1S/C12H16N4O/c1-9(17)11-5-3-4-6-12(11)13-7-10-8-16(2)15-14-10/h3-6,8-9,13,17H,7H2,1-2H3. The molecule has 0 aliphatic heterocycles. The van der Waals surface area contributed by atoms with Crippen LogP contribution in [-0.2, 0) is 13.6 Å². The number of aryl methyl sites for hydroxylation is 1. The first-order valence-corrected chi connectivity index (χ1v) is 5.53. The lowest BCUT2D eigenvalue weighted by atomic mass is 10.1. The predicted molar refractivity (Wildman–Crippen MR) is 65.4 cm³/mol. The van der Waals surface area contributed by atoms with Crippen LogP contribution in [0.3, 0.4) is 0 Å². The van der Waals surface area contributed by atoms with Crippen molar-refractivity contribution in [3.05, 3.63) is 41.7 Å². The molecule has 0 radical (unpaired) electrons. The number of anilines is 1. The summed E-state index contributed by atoms with van der Waals surface area (Å²) in [7, 11) is 1.83. The zero-order chi connectivity index (χ0) is 12.3. The van der Waals surface area contributed by atoms with E-state index >= 15 is 0 Å². The van der Waals surface area contributed by atoms with Gasteiger partial charge in [-0.3, -0.25) is 4.68 Å². The van der Waals surface area contributed by atoms with Crippen molar-refractivity contribution >= 4 is 5.69 Å². The van der Waals surface area contributed by atoms with Gasteiger partial charge in [-0.1, -0.05) is 23.4 Å². The van der Waals surface area contributed by atoms with Crippen molar-refractivity contribution in [3.8, 4) is 0 Å². The normalized spacial score (nSPS) is 12.4. The molecule has 90 valence electrons. The number of aromatic nitrogens is 3. The van der Waals surface area contributed by atoms with Crippen LogP contribution in [0, 0.1) is 0 Å². The highest BCUT2D eigenvalue weighted by Crippen LogP contribution is 2.22. The van der Waals surface area contributed by atoms with Gasteiger partial charge in [-0.2, -0.15) is 0 Å². The van der Waals surface area contributed by atoms with Gasteiger partial charge >= 0.3 is 0 Å². The maximum Gasteiger partial charge on any atom is 0.102 e. The second-order valence-corrected chi connectivity index (χ2v) is 4.00. The Labute approximate surface area is 100 Å². The Morgan fingerprint density at radius 2 is 2.18 bits per heavy atom. The Morgan fingerprint density at radius 1 is 1.41 bits per heavy atom. The fourth-order valence-corrected chi connectivity index (χ4v) is 1.68. The molecule has 5 heteroatoms. The van der Waals surface area contributed by atoms with E-state index in [4.69, 9.17) is 0 Å². The van der Waals surface area contributed by atoms with Crippen LogP contribution in [0.25, 0.3) is 0 Å². The molecule has 0 aliphatic rings. The Balaban J connectivity index is 2.08. The molecule has 0 fully saturated rings. The summed E-state index contributed by atoms with van der Waals surface area (Å²) >= 11 is 0. The first-order valence-electron chi connectivity index (χ1n) is 5.53. The molecule has 0 aliphatic carbocycles. The SMILES string of the molecule is CC(O)c1ccccc1NCc1cn(C)nn1. The summed E-state index contributed by atoms with van der Waals surface area (Å²) in [5.41, 5.74) is 2.68. The first kappa shape index (κ1) is 11.6. The summed E-state index contributed by atoms with van der Waals surface area (Å²) in [5.74, 6) is 0. The van der Waals surface area contributed by atoms with Crippen LogP contribution in [0.4, 0.5) is 5.69 Å². The molecule has 1 atom stereocenters. The van der Waals surface area contributed by atoms with E-state index in [1.807, 2.05) is 37.5 Å². The van der Waals surface area contributed by atoms with Gasteiger partial charge in [0.1, 0.15) is 5.69 Å². The molecule has 5 nitrogen and oxygen atoms in total. The van der Waals surface area contributed by atoms with Crippen molar-refractivity contribution < 1.29 is 5.11 Å². The van der Waals surface area contributed by atoms with Crippen LogP contribution in [-0.4, -0.2) is 20.1 Å². The molecule has 2 aromatic rings. The molecule has 1 heterocycles. The Bertz CT molecular complexity index is 493. The maximum atomic E-state index is 9.63. The minimum Gasteiger partial charge on any atom is -0.389 e. The summed E-state index contributed by atoms with van der Waals surface area (Å²) in [6, 6.07) is 7.70. The summed E-state index contributed by atoms with van der Waals surface area (Å²) in [6.07, 6.45) is 1.37. The number of aliphatic hydroxyl groups excluding tert-OH is 1. The second-order valence-electron chi connectivity index (χ2n) is 4.00. The van der Waals surface area contributed by atoms with E-state index in [1.54, 1.807) is 11.6 Å². The van der Waals surface area contributed by atoms with E-state index in [2.05, 4.69) is 15.6 Å². The van der Waals surface area contributed by atoms with Crippen molar-refractivity contribution in [1.29, 1.82) is 0 Å². The number of nitrogens with one attached hydrogen (secondary N) is 1. The van der Waals surface area contributed by atoms with Crippen molar-refractivity contribution in [3.63, 3.8) is 0 Å². The van der Waals surface area contributed by atoms with Crippen molar-refractivity contribution in [2.75, 3.05) is 5.32 Å². The monoisotopic (exact) mass is 232 g/mol. The lowest BCUT2D eigenvalue weighted by Crippen LogP contribution is -2.04. The smallest absolute Gasteiger partial charge is 0.102 e. The Hall–Kier alpha value is -1.88. The minimum absolute atomic E-state index is 0.486. The number of rotatable bonds is 4. The molecule has 2 N–H and O–H groups in total. The number of benzene rings is 1. The van der Waals surface area contributed by atoms with Crippen LogP contribution < -0.4 is 5.32 Å². The molecule has 0 amide bonds. The minimum atomic E-state index is -0.486. The number of hydrogen-bond acceptors (Lipinski definition) is 4. The van der Waals surface area contributed by atoms with Crippen LogP contribution >= 0.6 is 0 Å². The van der Waals surface area contributed by atoms with Gasteiger partial charge in [0.25, 0.3) is 0 Å². The van der Waals surface area contributed by atoms with E-state index in [0.717, 1.165) is 16.9 Å². The fraction of sp³-hybridized carbons (Fsp3) is 0.333. The van der Waals surface area contributed by atoms with Crippen LogP contribution in [0.15, 0.2) is 30.5 Å². The van der Waals surface area contributed by atoms with Crippen LogP contribution in [0.5, 0.6) is 0 Å². The third-order valence-corrected chi connectivity index (χ3v) is 2.52. The van der Waals surface area contributed by atoms with E-state index in [1.165, 1.54) is 0 Å². The van der Waals surface area contributed by atoms with Crippen LogP contribution in [0.1, 0.15) is 24.3 Å². The Morgan fingerprint density at radius 3 is 2.82 bits per heavy atom. The van der Waals surface area contributed by atoms with Gasteiger partial charge in [-0.15, -0.1) is 5.10 Å². The van der Waals surface area contributed by atoms with Gasteiger partial charge in [0.2, 0.25) is 0 Å². The van der Waals surface area contributed by atoms with E-state index in [9.17, 15) is 5.11 Å². The highest BCUT2D eigenvalue weighted by molar-refractivity contribution is 5.52. The van der Waals surface area contributed by atoms with Crippen LogP contribution in [0.2, 0.25) is 0 Å². The van der Waals surface area contributed by atoms with Gasteiger partial charge in [-0.25, -0.2) is 0 Å². The van der Waals surface area contributed by atoms with Gasteiger partial charge in [0.05, 0.1) is 12.6 Å². The Kier molecular flexibility index (Phi) is 3.39. The summed E-state index contributed by atoms with van der Waals surface area (Å²) in [4.78, 5) is 0. The van der Waals surface area contributed by atoms with E-state index in [-0.39, 0.29) is 0 Å². The molecular formula is C12H16N4O. The average molecular weight is 232 g/mol. The zero-order valence-corrected chi connectivity index (χ0v) is 9.96. The van der Waals surface area contributed by atoms with Gasteiger partial charge in [0.15, 0.2) is 0 Å². The van der Waals surface area contributed by atoms with Gasteiger partial charge in [0, 0.05) is 24.5 Å². The molecular weight excluding hydrogens is 216 g/mol. The average Bonchev–Trinajstić information content (AvgIpc) is 2.73. The topological polar surface area (TPSA) is 63.0 Å². The van der Waals surface area contributed by atoms with Crippen molar-refractivity contribution in [2.24, 2.45) is 7.05 Å². The van der Waals surface area contributed by atoms with Gasteiger partial charge in [-0.05, 0) is 13.0 Å². The van der Waals surface area contributed by atoms with E-state index < -0.39 is 6.10 Å². The highest BCUT2D eigenvalue weighted by Gasteiger charge is 2.07. The molecule has 2 rings (SSSR count). The molecule has 1 aromatic heterocycles. The number of hydrogen-bond donors (Lipinski definition) is 2. The largest absolute Gasteiger partial charge is 0.389 e. The lowest BCUT2D eigenvalue weighted by Gasteiger charge is -2.12. The predicted octanol–water partition coefficient (Wildman–Crippen LogP) is 1.48. The van der Waals surface area contributed by atoms with Crippen molar-refractivity contribution in [2.45, 2.75) is 19.6 Å². The fourth-order valence-electron chi connectivity index (χ4n) is 1.68. The molecule has 0 bridgehead atoms. The first-order chi connectivity index (χ1) is 8.16. The number of aliphatic hydroxyl groups is 1. The molecule has 17 heavy (non-hydrogen) atoms. The third kappa shape index (κ3) is 2.82. The van der Waals surface area contributed by atoms with Gasteiger partial charge < -0.3 is 10.4 Å². The zero-order valence-electron chi connectivity index (χ0n) is 9.96. The molecule has 1 unspecified atom stereocenters. The number of para-hydroxylation sites is 1. The quantitative estimate of drug-likeness (QED) is 0.838. The molecule has 0 saturated carbocycles.